The first-order valence-corrected chi connectivity index (χ1v) is 8.25. The van der Waals surface area contributed by atoms with Gasteiger partial charge in [0.2, 0.25) is 0 Å². The van der Waals surface area contributed by atoms with Gasteiger partial charge in [-0.15, -0.1) is 10.2 Å². The Morgan fingerprint density at radius 3 is 2.81 bits per heavy atom. The van der Waals surface area contributed by atoms with Crippen molar-refractivity contribution in [2.45, 2.75) is 36.3 Å². The predicted molar refractivity (Wildman–Crippen MR) is 82.3 cm³/mol. The van der Waals surface area contributed by atoms with Crippen molar-refractivity contribution in [3.8, 4) is 11.5 Å². The van der Waals surface area contributed by atoms with Gasteiger partial charge in [0.25, 0.3) is 0 Å². The van der Waals surface area contributed by atoms with Gasteiger partial charge in [-0.2, -0.15) is 4.37 Å². The fourth-order valence-electron chi connectivity index (χ4n) is 1.83. The van der Waals surface area contributed by atoms with Crippen LogP contribution >= 0.6 is 23.3 Å². The van der Waals surface area contributed by atoms with Crippen molar-refractivity contribution in [3.05, 3.63) is 30.2 Å². The van der Waals surface area contributed by atoms with Crippen molar-refractivity contribution in [1.29, 1.82) is 0 Å². The topological polar surface area (TPSA) is 69.4 Å². The molecule has 0 saturated heterocycles. The van der Waals surface area contributed by atoms with E-state index in [9.17, 15) is 0 Å². The average molecular weight is 318 g/mol. The number of nitrogens with zero attached hydrogens (tertiary/aromatic N) is 6. The van der Waals surface area contributed by atoms with E-state index in [1.165, 1.54) is 23.3 Å². The van der Waals surface area contributed by atoms with Crippen LogP contribution < -0.4 is 0 Å². The molecule has 0 fully saturated rings. The molecule has 108 valence electrons. The first kappa shape index (κ1) is 14.2. The zero-order valence-electron chi connectivity index (χ0n) is 11.7. The molecule has 8 heteroatoms. The molecule has 6 nitrogen and oxygen atoms in total. The Hall–Kier alpha value is -1.80. The maximum atomic E-state index is 4.46. The molecule has 0 N–H and O–H groups in total. The van der Waals surface area contributed by atoms with Gasteiger partial charge in [-0.1, -0.05) is 13.0 Å². The van der Waals surface area contributed by atoms with Crippen LogP contribution in [0.25, 0.3) is 11.5 Å². The minimum Gasteiger partial charge on any atom is -0.301 e. The number of aromatic nitrogens is 6. The van der Waals surface area contributed by atoms with Crippen LogP contribution in [-0.2, 0) is 13.0 Å². The zero-order valence-corrected chi connectivity index (χ0v) is 13.4. The highest BCUT2D eigenvalue weighted by Crippen LogP contribution is 2.30. The first-order chi connectivity index (χ1) is 10.3. The van der Waals surface area contributed by atoms with Crippen LogP contribution in [0.1, 0.15) is 19.7 Å². The highest BCUT2D eigenvalue weighted by Gasteiger charge is 2.16. The molecule has 3 aromatic rings. The highest BCUT2D eigenvalue weighted by atomic mass is 32.2. The fraction of sp³-hybridized carbons (Fsp3) is 0.308. The van der Waals surface area contributed by atoms with E-state index in [1.54, 1.807) is 6.20 Å². The van der Waals surface area contributed by atoms with E-state index in [4.69, 9.17) is 0 Å². The van der Waals surface area contributed by atoms with Crippen LogP contribution in [0.4, 0.5) is 0 Å². The summed E-state index contributed by atoms with van der Waals surface area (Å²) in [6.07, 6.45) is 2.60. The second-order valence-corrected chi connectivity index (χ2v) is 6.16. The number of hydrogen-bond donors (Lipinski definition) is 0. The lowest BCUT2D eigenvalue weighted by molar-refractivity contribution is 0.686. The van der Waals surface area contributed by atoms with Gasteiger partial charge >= 0.3 is 0 Å². The summed E-state index contributed by atoms with van der Waals surface area (Å²) in [7, 11) is 0. The van der Waals surface area contributed by atoms with Gasteiger partial charge < -0.3 is 4.57 Å². The molecule has 0 radical (unpaired) electrons. The largest absolute Gasteiger partial charge is 0.301 e. The van der Waals surface area contributed by atoms with Crippen LogP contribution in [-0.4, -0.2) is 29.1 Å². The van der Waals surface area contributed by atoms with Crippen LogP contribution in [0.2, 0.25) is 0 Å². The molecule has 0 amide bonds. The standard InChI is InChI=1S/C13H14N6S2/c1-3-10-15-13(21-18-10)20-12-17-16-11(19(12)4-2)9-7-5-6-8-14-9/h5-8H,3-4H2,1-2H3. The number of aryl methyl sites for hydroxylation is 1. The lowest BCUT2D eigenvalue weighted by Gasteiger charge is -2.05. The van der Waals surface area contributed by atoms with E-state index in [0.29, 0.717) is 0 Å². The highest BCUT2D eigenvalue weighted by molar-refractivity contribution is 8.00. The molecule has 0 aliphatic rings. The number of pyridine rings is 1. The van der Waals surface area contributed by atoms with Gasteiger partial charge in [0.05, 0.1) is 0 Å². The van der Waals surface area contributed by atoms with Crippen LogP contribution in [0.5, 0.6) is 0 Å². The van der Waals surface area contributed by atoms with Crippen LogP contribution in [0.3, 0.4) is 0 Å². The lowest BCUT2D eigenvalue weighted by atomic mass is 10.3. The van der Waals surface area contributed by atoms with E-state index in [1.807, 2.05) is 29.7 Å². The van der Waals surface area contributed by atoms with Crippen molar-refractivity contribution < 1.29 is 0 Å². The number of hydrogen-bond acceptors (Lipinski definition) is 7. The Morgan fingerprint density at radius 1 is 1.24 bits per heavy atom. The fourth-order valence-corrected chi connectivity index (χ4v) is 3.53. The van der Waals surface area contributed by atoms with Gasteiger partial charge in [0.1, 0.15) is 11.5 Å². The van der Waals surface area contributed by atoms with Gasteiger partial charge in [-0.25, -0.2) is 4.98 Å². The summed E-state index contributed by atoms with van der Waals surface area (Å²) in [4.78, 5) is 8.79. The molecule has 0 unspecified atom stereocenters. The van der Waals surface area contributed by atoms with Gasteiger partial charge in [0.15, 0.2) is 15.3 Å². The first-order valence-electron chi connectivity index (χ1n) is 6.66. The Balaban J connectivity index is 1.91. The predicted octanol–water partition coefficient (Wildman–Crippen LogP) is 2.93. The van der Waals surface area contributed by atoms with Gasteiger partial charge in [-0.3, -0.25) is 4.98 Å². The lowest BCUT2D eigenvalue weighted by Crippen LogP contribution is -2.00. The van der Waals surface area contributed by atoms with Crippen molar-refractivity contribution in [2.75, 3.05) is 0 Å². The van der Waals surface area contributed by atoms with Crippen molar-refractivity contribution in [3.63, 3.8) is 0 Å². The second kappa shape index (κ2) is 6.31. The quantitative estimate of drug-likeness (QED) is 0.720. The van der Waals surface area contributed by atoms with Crippen LogP contribution in [0, 0.1) is 0 Å². The van der Waals surface area contributed by atoms with E-state index in [-0.39, 0.29) is 0 Å². The summed E-state index contributed by atoms with van der Waals surface area (Å²) in [5.74, 6) is 1.65. The smallest absolute Gasteiger partial charge is 0.198 e. The molecular weight excluding hydrogens is 304 g/mol. The molecule has 0 aliphatic carbocycles. The average Bonchev–Trinajstić information content (AvgIpc) is 3.15. The van der Waals surface area contributed by atoms with Crippen molar-refractivity contribution >= 4 is 23.3 Å². The molecular formula is C13H14N6S2. The Labute approximate surface area is 130 Å². The minimum absolute atomic E-state index is 0.778. The molecule has 3 heterocycles. The molecule has 3 rings (SSSR count). The monoisotopic (exact) mass is 318 g/mol. The maximum Gasteiger partial charge on any atom is 0.198 e. The van der Waals surface area contributed by atoms with Gasteiger partial charge in [0, 0.05) is 19.2 Å². The minimum atomic E-state index is 0.778. The third kappa shape index (κ3) is 2.96. The van der Waals surface area contributed by atoms with E-state index in [2.05, 4.69) is 31.5 Å². The Kier molecular flexibility index (Phi) is 4.26. The summed E-state index contributed by atoms with van der Waals surface area (Å²) in [5.41, 5.74) is 0.824. The molecule has 0 spiro atoms. The van der Waals surface area contributed by atoms with Gasteiger partial charge in [-0.05, 0) is 42.4 Å². The number of rotatable bonds is 5. The molecule has 0 saturated carbocycles. The molecule has 0 aliphatic heterocycles. The summed E-state index contributed by atoms with van der Waals surface area (Å²) in [6, 6.07) is 5.77. The summed E-state index contributed by atoms with van der Waals surface area (Å²) < 4.78 is 7.22. The summed E-state index contributed by atoms with van der Waals surface area (Å²) >= 11 is 2.90. The second-order valence-electron chi connectivity index (χ2n) is 4.20. The molecule has 3 aromatic heterocycles. The van der Waals surface area contributed by atoms with Crippen molar-refractivity contribution in [1.82, 2.24) is 29.1 Å². The van der Waals surface area contributed by atoms with Crippen molar-refractivity contribution in [2.24, 2.45) is 0 Å². The molecule has 0 bridgehead atoms. The van der Waals surface area contributed by atoms with E-state index in [0.717, 1.165) is 39.8 Å². The van der Waals surface area contributed by atoms with E-state index < -0.39 is 0 Å². The van der Waals surface area contributed by atoms with Crippen LogP contribution in [0.15, 0.2) is 33.9 Å². The third-order valence-corrected chi connectivity index (χ3v) is 4.64. The normalized spacial score (nSPS) is 11.0. The molecule has 0 aromatic carbocycles. The van der Waals surface area contributed by atoms with E-state index >= 15 is 0 Å². The maximum absolute atomic E-state index is 4.46. The SMILES string of the molecule is CCc1nsc(Sc2nnc(-c3ccccn3)n2CC)n1. The third-order valence-electron chi connectivity index (χ3n) is 2.87. The summed E-state index contributed by atoms with van der Waals surface area (Å²) in [5, 5.41) is 9.35. The molecule has 0 atom stereocenters. The summed E-state index contributed by atoms with van der Waals surface area (Å²) in [6.45, 7) is 4.89. The Bertz CT molecular complexity index is 721. The zero-order chi connectivity index (χ0) is 14.7. The molecule has 21 heavy (non-hydrogen) atoms. The Morgan fingerprint density at radius 2 is 2.14 bits per heavy atom.